The van der Waals surface area contributed by atoms with Crippen LogP contribution in [0.2, 0.25) is 0 Å². The van der Waals surface area contributed by atoms with Crippen molar-refractivity contribution in [1.29, 1.82) is 0 Å². The summed E-state index contributed by atoms with van der Waals surface area (Å²) in [6.07, 6.45) is 0. The lowest BCUT2D eigenvalue weighted by Crippen LogP contribution is -2.12. The fourth-order valence-corrected chi connectivity index (χ4v) is 5.41. The van der Waals surface area contributed by atoms with Gasteiger partial charge in [-0.25, -0.2) is 9.97 Å². The van der Waals surface area contributed by atoms with Gasteiger partial charge in [0.2, 0.25) is 0 Å². The maximum atomic E-state index is 13.2. The number of hydrogen-bond donors (Lipinski definition) is 1. The van der Waals surface area contributed by atoms with E-state index in [9.17, 15) is 13.6 Å². The number of amides is 1. The number of nitrogens with zero attached hydrogens (tertiary/aromatic N) is 2. The molecule has 0 unspecified atom stereocenters. The number of hydrogen-bond acceptors (Lipinski definition) is 6. The van der Waals surface area contributed by atoms with Crippen molar-refractivity contribution in [2.75, 3.05) is 5.32 Å². The van der Waals surface area contributed by atoms with Gasteiger partial charge in [0.1, 0.15) is 0 Å². The SMILES string of the molecule is O=C(Nc1nc2ccc(SC(F)F)cc2s1)c1cc(-c2cccs2)nc2ccccc12. The maximum absolute atomic E-state index is 13.2. The molecule has 0 aliphatic heterocycles. The number of pyridine rings is 1. The second-order valence-electron chi connectivity index (χ2n) is 6.53. The van der Waals surface area contributed by atoms with Crippen LogP contribution in [-0.2, 0) is 0 Å². The minimum Gasteiger partial charge on any atom is -0.298 e. The number of thiazole rings is 1. The number of fused-ring (bicyclic) bond motifs is 2. The fraction of sp³-hybridized carbons (Fsp3) is 0.0455. The lowest BCUT2D eigenvalue weighted by Gasteiger charge is -2.08. The van der Waals surface area contributed by atoms with Gasteiger partial charge in [-0.2, -0.15) is 8.78 Å². The molecular formula is C22H13F2N3OS3. The van der Waals surface area contributed by atoms with E-state index in [-0.39, 0.29) is 5.91 Å². The lowest BCUT2D eigenvalue weighted by atomic mass is 10.1. The number of alkyl halides is 2. The van der Waals surface area contributed by atoms with Crippen LogP contribution >= 0.6 is 34.4 Å². The van der Waals surface area contributed by atoms with Crippen LogP contribution in [0, 0.1) is 0 Å². The molecule has 0 saturated heterocycles. The van der Waals surface area contributed by atoms with E-state index in [1.165, 1.54) is 11.3 Å². The Morgan fingerprint density at radius 2 is 1.87 bits per heavy atom. The molecule has 9 heteroatoms. The zero-order valence-corrected chi connectivity index (χ0v) is 18.2. The summed E-state index contributed by atoms with van der Waals surface area (Å²) in [6.45, 7) is 0. The van der Waals surface area contributed by atoms with E-state index in [0.717, 1.165) is 26.2 Å². The molecule has 0 radical (unpaired) electrons. The number of rotatable bonds is 5. The number of aromatic nitrogens is 2. The van der Waals surface area contributed by atoms with Crippen molar-refractivity contribution >= 4 is 66.6 Å². The van der Waals surface area contributed by atoms with Gasteiger partial charge in [0, 0.05) is 10.3 Å². The largest absolute Gasteiger partial charge is 0.298 e. The average molecular weight is 470 g/mol. The second-order valence-corrected chi connectivity index (χ2v) is 9.57. The zero-order valence-electron chi connectivity index (χ0n) is 15.7. The Morgan fingerprint density at radius 3 is 2.68 bits per heavy atom. The van der Waals surface area contributed by atoms with Gasteiger partial charge >= 0.3 is 0 Å². The number of nitrogens with one attached hydrogen (secondary N) is 1. The molecule has 0 atom stereocenters. The van der Waals surface area contributed by atoms with Gasteiger partial charge in [-0.3, -0.25) is 10.1 Å². The predicted molar refractivity (Wildman–Crippen MR) is 124 cm³/mol. The van der Waals surface area contributed by atoms with E-state index >= 15 is 0 Å². The molecule has 3 aromatic heterocycles. The van der Waals surface area contributed by atoms with E-state index in [1.54, 1.807) is 35.6 Å². The highest BCUT2D eigenvalue weighted by Crippen LogP contribution is 2.33. The van der Waals surface area contributed by atoms with E-state index < -0.39 is 5.76 Å². The van der Waals surface area contributed by atoms with Gasteiger partial charge in [-0.15, -0.1) is 11.3 Å². The highest BCUT2D eigenvalue weighted by molar-refractivity contribution is 7.99. The first kappa shape index (κ1) is 20.0. The topological polar surface area (TPSA) is 54.9 Å². The molecule has 31 heavy (non-hydrogen) atoms. The van der Waals surface area contributed by atoms with Crippen molar-refractivity contribution < 1.29 is 13.6 Å². The number of carbonyl (C=O) groups excluding carboxylic acids is 1. The first-order valence-electron chi connectivity index (χ1n) is 9.17. The molecular weight excluding hydrogens is 456 g/mol. The summed E-state index contributed by atoms with van der Waals surface area (Å²) < 4.78 is 26.0. The molecule has 154 valence electrons. The van der Waals surface area contributed by atoms with Crippen LogP contribution < -0.4 is 5.32 Å². The quantitative estimate of drug-likeness (QED) is 0.278. The predicted octanol–water partition coefficient (Wildman–Crippen LogP) is 7.14. The highest BCUT2D eigenvalue weighted by atomic mass is 32.2. The number of halogens is 2. The first-order valence-corrected chi connectivity index (χ1v) is 11.7. The fourth-order valence-electron chi connectivity index (χ4n) is 3.21. The minimum absolute atomic E-state index is 0.294. The molecule has 0 saturated carbocycles. The first-order chi connectivity index (χ1) is 15.1. The van der Waals surface area contributed by atoms with Gasteiger partial charge in [0.25, 0.3) is 11.7 Å². The summed E-state index contributed by atoms with van der Waals surface area (Å²) in [4.78, 5) is 23.7. The van der Waals surface area contributed by atoms with Crippen molar-refractivity contribution in [3.05, 3.63) is 71.6 Å². The van der Waals surface area contributed by atoms with Gasteiger partial charge in [0.15, 0.2) is 5.13 Å². The van der Waals surface area contributed by atoms with Gasteiger partial charge in [-0.05, 0) is 41.8 Å². The highest BCUT2D eigenvalue weighted by Gasteiger charge is 2.16. The van der Waals surface area contributed by atoms with Crippen molar-refractivity contribution in [3.63, 3.8) is 0 Å². The summed E-state index contributed by atoms with van der Waals surface area (Å²) in [6, 6.07) is 18.1. The number of benzene rings is 2. The molecule has 0 fully saturated rings. The molecule has 0 bridgehead atoms. The molecule has 0 aliphatic carbocycles. The lowest BCUT2D eigenvalue weighted by molar-refractivity contribution is 0.102. The summed E-state index contributed by atoms with van der Waals surface area (Å²) >= 11 is 3.30. The Hall–Kier alpha value is -2.88. The minimum atomic E-state index is -2.48. The zero-order chi connectivity index (χ0) is 21.4. The van der Waals surface area contributed by atoms with Crippen LogP contribution in [0.4, 0.5) is 13.9 Å². The summed E-state index contributed by atoms with van der Waals surface area (Å²) in [5.41, 5.74) is 2.62. The molecule has 4 nitrogen and oxygen atoms in total. The van der Waals surface area contributed by atoms with Gasteiger partial charge in [-0.1, -0.05) is 47.4 Å². The number of anilines is 1. The monoisotopic (exact) mass is 469 g/mol. The molecule has 0 spiro atoms. The van der Waals surface area contributed by atoms with Crippen LogP contribution in [0.5, 0.6) is 0 Å². The van der Waals surface area contributed by atoms with Crippen LogP contribution in [0.15, 0.2) is 70.9 Å². The Balaban J connectivity index is 1.50. The van der Waals surface area contributed by atoms with E-state index in [0.29, 0.717) is 32.9 Å². The van der Waals surface area contributed by atoms with Crippen molar-refractivity contribution in [2.45, 2.75) is 10.7 Å². The Labute approximate surface area is 188 Å². The van der Waals surface area contributed by atoms with Crippen molar-refractivity contribution in [1.82, 2.24) is 9.97 Å². The van der Waals surface area contributed by atoms with Crippen LogP contribution in [0.3, 0.4) is 0 Å². The van der Waals surface area contributed by atoms with E-state index in [2.05, 4.69) is 15.3 Å². The number of thiophene rings is 1. The van der Waals surface area contributed by atoms with Crippen LogP contribution in [-0.4, -0.2) is 21.6 Å². The summed E-state index contributed by atoms with van der Waals surface area (Å²) in [5, 5.41) is 5.99. The summed E-state index contributed by atoms with van der Waals surface area (Å²) in [7, 11) is 0. The van der Waals surface area contributed by atoms with Gasteiger partial charge in [0.05, 0.1) is 31.9 Å². The molecule has 0 aliphatic rings. The van der Waals surface area contributed by atoms with Crippen molar-refractivity contribution in [3.8, 4) is 10.6 Å². The van der Waals surface area contributed by atoms with Crippen LogP contribution in [0.25, 0.3) is 31.7 Å². The average Bonchev–Trinajstić information content (AvgIpc) is 3.42. The smallest absolute Gasteiger partial charge is 0.288 e. The Kier molecular flexibility index (Phi) is 5.39. The van der Waals surface area contributed by atoms with E-state index in [4.69, 9.17) is 0 Å². The van der Waals surface area contributed by atoms with Crippen LogP contribution in [0.1, 0.15) is 10.4 Å². The third-order valence-electron chi connectivity index (χ3n) is 4.54. The second kappa shape index (κ2) is 8.33. The number of para-hydroxylation sites is 1. The molecule has 1 N–H and O–H groups in total. The molecule has 1 amide bonds. The summed E-state index contributed by atoms with van der Waals surface area (Å²) in [5.74, 6) is -2.78. The Bertz CT molecular complexity index is 1400. The number of carbonyl (C=O) groups is 1. The molecule has 2 aromatic carbocycles. The third kappa shape index (κ3) is 4.16. The van der Waals surface area contributed by atoms with Crippen molar-refractivity contribution in [2.24, 2.45) is 0 Å². The third-order valence-corrected chi connectivity index (χ3v) is 7.07. The standard InChI is InChI=1S/C22H13F2N3OS3/c23-21(24)30-12-7-8-16-19(10-12)31-22(26-16)27-20(28)14-11-17(18-6-3-9-29-18)25-15-5-2-1-4-13(14)15/h1-11,21H,(H,26,27,28). The maximum Gasteiger partial charge on any atom is 0.288 e. The normalized spacial score (nSPS) is 11.5. The van der Waals surface area contributed by atoms with Gasteiger partial charge < -0.3 is 0 Å². The molecule has 5 aromatic rings. The number of thioether (sulfide) groups is 1. The Morgan fingerprint density at radius 1 is 1.00 bits per heavy atom. The van der Waals surface area contributed by atoms with E-state index in [1.807, 2.05) is 41.8 Å². The molecule has 3 heterocycles. The molecule has 5 rings (SSSR count).